The van der Waals surface area contributed by atoms with Gasteiger partial charge in [-0.3, -0.25) is 19.3 Å². The number of rotatable bonds is 6. The third kappa shape index (κ3) is 4.16. The van der Waals surface area contributed by atoms with Crippen LogP contribution in [0.4, 0.5) is 17.1 Å². The summed E-state index contributed by atoms with van der Waals surface area (Å²) in [4.78, 5) is 47.1. The molecule has 4 aliphatic rings. The summed E-state index contributed by atoms with van der Waals surface area (Å²) < 4.78 is 6.79. The molecule has 8 nitrogen and oxygen atoms in total. The van der Waals surface area contributed by atoms with Crippen molar-refractivity contribution in [2.24, 2.45) is 5.92 Å². The Hall–Kier alpha value is -4.53. The number of likely N-dealkylation sites (tertiary alicyclic amines) is 1. The zero-order valence-electron chi connectivity index (χ0n) is 25.2. The van der Waals surface area contributed by atoms with Crippen LogP contribution in [0.25, 0.3) is 10.8 Å². The lowest BCUT2D eigenvalue weighted by Gasteiger charge is -2.29. The number of carbonyl (C=O) groups excluding carboxylic acids is 3. The van der Waals surface area contributed by atoms with Crippen molar-refractivity contribution in [3.63, 3.8) is 0 Å². The van der Waals surface area contributed by atoms with Gasteiger partial charge in [-0.2, -0.15) is 0 Å². The zero-order valence-corrected chi connectivity index (χ0v) is 25.2. The molecule has 0 saturated carbocycles. The third-order valence-electron chi connectivity index (χ3n) is 10.2. The highest BCUT2D eigenvalue weighted by atomic mass is 16.5. The van der Waals surface area contributed by atoms with Crippen molar-refractivity contribution < 1.29 is 24.2 Å². The van der Waals surface area contributed by atoms with E-state index in [0.29, 0.717) is 30.8 Å². The molecular formula is C37H35N3O5. The maximum absolute atomic E-state index is 14.6. The number of benzene rings is 4. The summed E-state index contributed by atoms with van der Waals surface area (Å²) >= 11 is 0. The largest absolute Gasteiger partial charge is 0.394 e. The van der Waals surface area contributed by atoms with Crippen molar-refractivity contribution in [2.75, 3.05) is 23.0 Å². The summed E-state index contributed by atoms with van der Waals surface area (Å²) in [7, 11) is 0. The number of nitrogens with zero attached hydrogens (tertiary/aromatic N) is 3. The minimum Gasteiger partial charge on any atom is -0.394 e. The molecule has 8 rings (SSSR count). The van der Waals surface area contributed by atoms with Crippen LogP contribution >= 0.6 is 0 Å². The van der Waals surface area contributed by atoms with Crippen LogP contribution in [0, 0.1) is 5.92 Å². The number of hydrogen-bond acceptors (Lipinski definition) is 5. The first-order valence-electron chi connectivity index (χ1n) is 15.9. The van der Waals surface area contributed by atoms with E-state index < -0.39 is 11.7 Å². The Bertz CT molecular complexity index is 1850. The van der Waals surface area contributed by atoms with Crippen LogP contribution in [0.3, 0.4) is 0 Å². The highest BCUT2D eigenvalue weighted by molar-refractivity contribution is 6.28. The molecule has 228 valence electrons. The molecule has 2 fully saturated rings. The van der Waals surface area contributed by atoms with Crippen LogP contribution in [-0.4, -0.2) is 53.0 Å². The number of aliphatic hydroxyl groups is 1. The summed E-state index contributed by atoms with van der Waals surface area (Å²) in [5.41, 5.74) is 3.36. The van der Waals surface area contributed by atoms with Crippen molar-refractivity contribution >= 4 is 45.6 Å². The normalized spacial score (nSPS) is 25.3. The fraction of sp³-hybridized carbons (Fsp3) is 0.324. The number of aliphatic hydroxyl groups excluding tert-OH is 1. The molecule has 0 radical (unpaired) electrons. The average molecular weight is 602 g/mol. The molecular weight excluding hydrogens is 566 g/mol. The summed E-state index contributed by atoms with van der Waals surface area (Å²) in [5.74, 6) is -0.503. The standard InChI is InChI=1S/C37H35N3O5/c1-23-18-28(20-33(42)38-17-7-12-27(38)22-41)45-37(23)30-19-26(15-16-31(30)39(36(37)44)21-24-8-3-2-4-9-24)40-32-14-6-11-25-10-5-13-29(34(25)32)35(40)43/h2-6,8-11,13-16,19,23,27-28,41H,7,12,17-18,20-22H2,1H3/t23-,27+,28-,37+/m1/s1. The van der Waals surface area contributed by atoms with Crippen molar-refractivity contribution in [2.45, 2.75) is 56.9 Å². The van der Waals surface area contributed by atoms with E-state index in [1.807, 2.05) is 91.9 Å². The van der Waals surface area contributed by atoms with Gasteiger partial charge in [0.15, 0.2) is 5.60 Å². The molecule has 0 aliphatic carbocycles. The van der Waals surface area contributed by atoms with Crippen molar-refractivity contribution in [1.29, 1.82) is 0 Å². The number of ether oxygens (including phenoxy) is 1. The lowest BCUT2D eigenvalue weighted by Crippen LogP contribution is -2.44. The Morgan fingerprint density at radius 1 is 0.978 bits per heavy atom. The molecule has 4 atom stereocenters. The maximum Gasteiger partial charge on any atom is 0.264 e. The van der Waals surface area contributed by atoms with Crippen LogP contribution in [0.5, 0.6) is 0 Å². The van der Waals surface area contributed by atoms with Gasteiger partial charge in [-0.1, -0.05) is 61.5 Å². The van der Waals surface area contributed by atoms with Crippen LogP contribution < -0.4 is 9.80 Å². The van der Waals surface area contributed by atoms with E-state index in [2.05, 4.69) is 0 Å². The number of fused-ring (bicyclic) bond motifs is 2. The van der Waals surface area contributed by atoms with E-state index in [-0.39, 0.29) is 42.7 Å². The monoisotopic (exact) mass is 601 g/mol. The second-order valence-corrected chi connectivity index (χ2v) is 12.8. The molecule has 4 aliphatic heterocycles. The predicted octanol–water partition coefficient (Wildman–Crippen LogP) is 5.67. The quantitative estimate of drug-likeness (QED) is 0.308. The maximum atomic E-state index is 14.6. The molecule has 0 unspecified atom stereocenters. The molecule has 8 heteroatoms. The van der Waals surface area contributed by atoms with Crippen LogP contribution in [0.2, 0.25) is 0 Å². The summed E-state index contributed by atoms with van der Waals surface area (Å²) in [5, 5.41) is 11.7. The molecule has 1 N–H and O–H groups in total. The minimum atomic E-state index is -1.28. The lowest BCUT2D eigenvalue weighted by molar-refractivity contribution is -0.150. The first-order valence-corrected chi connectivity index (χ1v) is 15.9. The second kappa shape index (κ2) is 10.5. The van der Waals surface area contributed by atoms with Gasteiger partial charge in [-0.15, -0.1) is 0 Å². The molecule has 3 amide bonds. The minimum absolute atomic E-state index is 0.0464. The highest BCUT2D eigenvalue weighted by Crippen LogP contribution is 2.55. The first kappa shape index (κ1) is 28.0. The Balaban J connectivity index is 1.19. The van der Waals surface area contributed by atoms with Crippen molar-refractivity contribution in [1.82, 2.24) is 4.90 Å². The van der Waals surface area contributed by atoms with Crippen molar-refractivity contribution in [3.8, 4) is 0 Å². The van der Waals surface area contributed by atoms with Gasteiger partial charge < -0.3 is 19.6 Å². The fourth-order valence-electron chi connectivity index (χ4n) is 8.08. The first-order chi connectivity index (χ1) is 21.9. The Morgan fingerprint density at radius 3 is 2.58 bits per heavy atom. The van der Waals surface area contributed by atoms with Gasteiger partial charge in [0.1, 0.15) is 0 Å². The zero-order chi connectivity index (χ0) is 30.9. The van der Waals surface area contributed by atoms with E-state index in [1.165, 1.54) is 0 Å². The number of amides is 3. The van der Waals surface area contributed by atoms with Gasteiger partial charge in [0.05, 0.1) is 48.7 Å². The predicted molar refractivity (Wildman–Crippen MR) is 171 cm³/mol. The van der Waals surface area contributed by atoms with Gasteiger partial charge in [-0.05, 0) is 60.5 Å². The number of hydrogen-bond donors (Lipinski definition) is 1. The van der Waals surface area contributed by atoms with Gasteiger partial charge in [0.2, 0.25) is 5.91 Å². The number of carbonyl (C=O) groups is 3. The van der Waals surface area contributed by atoms with Gasteiger partial charge in [-0.25, -0.2) is 0 Å². The average Bonchev–Trinajstić information content (AvgIpc) is 3.79. The van der Waals surface area contributed by atoms with Crippen LogP contribution in [0.15, 0.2) is 84.9 Å². The van der Waals surface area contributed by atoms with Crippen molar-refractivity contribution in [3.05, 3.63) is 102 Å². The number of anilines is 3. The Morgan fingerprint density at radius 2 is 1.78 bits per heavy atom. The van der Waals surface area contributed by atoms with Gasteiger partial charge in [0.25, 0.3) is 11.8 Å². The lowest BCUT2D eigenvalue weighted by atomic mass is 9.82. The molecule has 45 heavy (non-hydrogen) atoms. The van der Waals surface area contributed by atoms with Gasteiger partial charge >= 0.3 is 0 Å². The molecule has 1 spiro atoms. The SMILES string of the molecule is C[C@@H]1C[C@H](CC(=O)N2CCC[C@H]2CO)O[C@@]12C(=O)N(Cc1ccccc1)c1ccc(N3C(=O)c4cccc5cccc3c45)cc12. The summed E-state index contributed by atoms with van der Waals surface area (Å²) in [6.45, 7) is 2.99. The van der Waals surface area contributed by atoms with E-state index in [9.17, 15) is 19.5 Å². The fourth-order valence-corrected chi connectivity index (χ4v) is 8.08. The topological polar surface area (TPSA) is 90.4 Å². The second-order valence-electron chi connectivity index (χ2n) is 12.8. The molecule has 4 heterocycles. The van der Waals surface area contributed by atoms with Gasteiger partial charge in [0, 0.05) is 29.1 Å². The van der Waals surface area contributed by atoms with E-state index >= 15 is 0 Å². The van der Waals surface area contributed by atoms with E-state index in [4.69, 9.17) is 4.74 Å². The van der Waals surface area contributed by atoms with E-state index in [0.717, 1.165) is 46.1 Å². The Labute approximate surface area is 261 Å². The van der Waals surface area contributed by atoms with Crippen LogP contribution in [-0.2, 0) is 26.5 Å². The summed E-state index contributed by atoms with van der Waals surface area (Å²) in [6.07, 6.45) is 1.93. The van der Waals surface area contributed by atoms with E-state index in [1.54, 1.807) is 14.7 Å². The third-order valence-corrected chi connectivity index (χ3v) is 10.2. The molecule has 4 aromatic rings. The van der Waals surface area contributed by atoms with Crippen LogP contribution in [0.1, 0.15) is 54.1 Å². The molecule has 2 saturated heterocycles. The molecule has 0 aromatic heterocycles. The Kier molecular flexibility index (Phi) is 6.55. The smallest absolute Gasteiger partial charge is 0.264 e. The molecule has 4 aromatic carbocycles. The summed E-state index contributed by atoms with van der Waals surface area (Å²) in [6, 6.07) is 27.2. The molecule has 0 bridgehead atoms. The highest BCUT2D eigenvalue weighted by Gasteiger charge is 2.60.